The molecule has 29 heavy (non-hydrogen) atoms. The molecule has 0 saturated heterocycles. The Kier molecular flexibility index (Phi) is 5.93. The van der Waals surface area contributed by atoms with Crippen molar-refractivity contribution in [2.24, 2.45) is 0 Å². The van der Waals surface area contributed by atoms with Crippen LogP contribution in [0.2, 0.25) is 5.02 Å². The van der Waals surface area contributed by atoms with Gasteiger partial charge in [0.1, 0.15) is 12.4 Å². The maximum absolute atomic E-state index is 6.20. The van der Waals surface area contributed by atoms with Crippen LogP contribution in [0.5, 0.6) is 5.75 Å². The van der Waals surface area contributed by atoms with Crippen molar-refractivity contribution in [3.8, 4) is 17.1 Å². The van der Waals surface area contributed by atoms with Gasteiger partial charge in [0.25, 0.3) is 0 Å². The summed E-state index contributed by atoms with van der Waals surface area (Å²) < 4.78 is 8.20. The highest BCUT2D eigenvalue weighted by Crippen LogP contribution is 2.20. The first kappa shape index (κ1) is 19.2. The molecule has 0 atom stereocenters. The largest absolute Gasteiger partial charge is 0.489 e. The number of aromatic amines is 1. The molecule has 0 saturated carbocycles. The van der Waals surface area contributed by atoms with E-state index in [1.165, 1.54) is 0 Å². The minimum absolute atomic E-state index is 0.418. The zero-order chi connectivity index (χ0) is 20.1. The molecule has 5 nitrogen and oxygen atoms in total. The number of nitrogens with one attached hydrogen (secondary N) is 2. The van der Waals surface area contributed by atoms with Crippen molar-refractivity contribution >= 4 is 23.8 Å². The number of hydrogen-bond donors (Lipinski definition) is 2. The monoisotopic (exact) mass is 422 g/mol. The molecule has 3 aromatic carbocycles. The van der Waals surface area contributed by atoms with Crippen LogP contribution in [0.4, 0.5) is 0 Å². The number of nitrogens with zero attached hydrogens (tertiary/aromatic N) is 2. The molecule has 0 bridgehead atoms. The molecule has 0 aliphatic carbocycles. The maximum Gasteiger partial charge on any atom is 0.214 e. The van der Waals surface area contributed by atoms with E-state index in [1.54, 1.807) is 4.68 Å². The van der Waals surface area contributed by atoms with Crippen LogP contribution < -0.4 is 10.2 Å². The predicted octanol–water partition coefficient (Wildman–Crippen LogP) is 5.58. The first-order chi connectivity index (χ1) is 14.2. The van der Waals surface area contributed by atoms with Crippen molar-refractivity contribution < 1.29 is 4.74 Å². The molecule has 4 aromatic rings. The van der Waals surface area contributed by atoms with Gasteiger partial charge in [-0.15, -0.1) is 0 Å². The summed E-state index contributed by atoms with van der Waals surface area (Å²) in [6.07, 6.45) is 0. The van der Waals surface area contributed by atoms with Gasteiger partial charge in [-0.2, -0.15) is 5.10 Å². The lowest BCUT2D eigenvalue weighted by Gasteiger charge is -2.12. The molecule has 146 valence electrons. The quantitative estimate of drug-likeness (QED) is 0.381. The summed E-state index contributed by atoms with van der Waals surface area (Å²) in [7, 11) is 0. The Labute approximate surface area is 178 Å². The highest BCUT2D eigenvalue weighted by atomic mass is 35.5. The molecular formula is C22H19ClN4OS. The van der Waals surface area contributed by atoms with E-state index in [9.17, 15) is 0 Å². The van der Waals surface area contributed by atoms with Gasteiger partial charge in [0, 0.05) is 16.1 Å². The van der Waals surface area contributed by atoms with Crippen LogP contribution in [-0.4, -0.2) is 14.9 Å². The number of hydrogen-bond acceptors (Lipinski definition) is 4. The fourth-order valence-corrected chi connectivity index (χ4v) is 3.30. The van der Waals surface area contributed by atoms with Crippen molar-refractivity contribution in [2.45, 2.75) is 13.2 Å². The van der Waals surface area contributed by atoms with Crippen LogP contribution >= 0.6 is 23.8 Å². The lowest BCUT2D eigenvalue weighted by molar-refractivity contribution is 0.306. The summed E-state index contributed by atoms with van der Waals surface area (Å²) in [5.74, 6) is 1.52. The molecular weight excluding hydrogens is 404 g/mol. The van der Waals surface area contributed by atoms with Crippen molar-refractivity contribution in [2.75, 3.05) is 5.43 Å². The minimum atomic E-state index is 0.418. The van der Waals surface area contributed by atoms with Gasteiger partial charge >= 0.3 is 0 Å². The number of rotatable bonds is 7. The fourth-order valence-electron chi connectivity index (χ4n) is 2.92. The van der Waals surface area contributed by atoms with Gasteiger partial charge in [0.05, 0.1) is 6.54 Å². The first-order valence-corrected chi connectivity index (χ1v) is 9.91. The Morgan fingerprint density at radius 1 is 1.00 bits per heavy atom. The second-order valence-electron chi connectivity index (χ2n) is 6.42. The smallest absolute Gasteiger partial charge is 0.214 e. The van der Waals surface area contributed by atoms with Gasteiger partial charge in [-0.1, -0.05) is 72.3 Å². The van der Waals surface area contributed by atoms with Gasteiger partial charge in [-0.3, -0.25) is 0 Å². The lowest BCUT2D eigenvalue weighted by atomic mass is 10.2. The van der Waals surface area contributed by atoms with Crippen LogP contribution in [0.15, 0.2) is 78.9 Å². The highest BCUT2D eigenvalue weighted by Gasteiger charge is 2.08. The average Bonchev–Trinajstić information content (AvgIpc) is 3.13. The lowest BCUT2D eigenvalue weighted by Crippen LogP contribution is -2.16. The van der Waals surface area contributed by atoms with E-state index in [-0.39, 0.29) is 0 Å². The van der Waals surface area contributed by atoms with Crippen LogP contribution in [0.1, 0.15) is 11.1 Å². The van der Waals surface area contributed by atoms with E-state index >= 15 is 0 Å². The SMILES string of the molecule is S=c1[nH]nc(-c2ccccc2)n1NCc1cccc(OCc2ccccc2Cl)c1. The van der Waals surface area contributed by atoms with Crippen molar-refractivity contribution in [3.05, 3.63) is 99.8 Å². The molecule has 1 heterocycles. The molecule has 0 aliphatic heterocycles. The Morgan fingerprint density at radius 2 is 1.79 bits per heavy atom. The highest BCUT2D eigenvalue weighted by molar-refractivity contribution is 7.71. The van der Waals surface area contributed by atoms with Crippen LogP contribution in [0.3, 0.4) is 0 Å². The molecule has 0 aliphatic rings. The van der Waals surface area contributed by atoms with E-state index < -0.39 is 0 Å². The minimum Gasteiger partial charge on any atom is -0.489 e. The zero-order valence-electron chi connectivity index (χ0n) is 15.5. The third-order valence-electron chi connectivity index (χ3n) is 4.40. The molecule has 0 amide bonds. The van der Waals surface area contributed by atoms with Crippen molar-refractivity contribution in [3.63, 3.8) is 0 Å². The fraction of sp³-hybridized carbons (Fsp3) is 0.0909. The van der Waals surface area contributed by atoms with Crippen molar-refractivity contribution in [1.82, 2.24) is 14.9 Å². The number of benzene rings is 3. The third-order valence-corrected chi connectivity index (χ3v) is 5.04. The summed E-state index contributed by atoms with van der Waals surface area (Å²) in [6, 6.07) is 25.5. The molecule has 1 aromatic heterocycles. The van der Waals surface area contributed by atoms with Crippen LogP contribution in [-0.2, 0) is 13.2 Å². The number of H-pyrrole nitrogens is 1. The number of aromatic nitrogens is 3. The van der Waals surface area contributed by atoms with Gasteiger partial charge in [-0.05, 0) is 36.0 Å². The first-order valence-electron chi connectivity index (χ1n) is 9.12. The Balaban J connectivity index is 1.45. The van der Waals surface area contributed by atoms with E-state index in [0.29, 0.717) is 22.9 Å². The molecule has 2 N–H and O–H groups in total. The molecule has 7 heteroatoms. The normalized spacial score (nSPS) is 10.7. The summed E-state index contributed by atoms with van der Waals surface area (Å²) in [4.78, 5) is 0. The van der Waals surface area contributed by atoms with Crippen molar-refractivity contribution in [1.29, 1.82) is 0 Å². The number of halogens is 1. The Hall–Kier alpha value is -3.09. The van der Waals surface area contributed by atoms with Gasteiger partial charge in [-0.25, -0.2) is 9.77 Å². The average molecular weight is 423 g/mol. The predicted molar refractivity (Wildman–Crippen MR) is 118 cm³/mol. The Morgan fingerprint density at radius 3 is 2.62 bits per heavy atom. The Bertz CT molecular complexity index is 1160. The number of ether oxygens (including phenoxy) is 1. The topological polar surface area (TPSA) is 54.9 Å². The van der Waals surface area contributed by atoms with E-state index in [2.05, 4.69) is 15.6 Å². The molecule has 0 spiro atoms. The standard InChI is InChI=1S/C22H19ClN4OS/c23-20-12-5-4-10-18(20)15-28-19-11-6-7-16(13-19)14-24-27-21(25-26-22(27)29)17-8-2-1-3-9-17/h1-13,24H,14-15H2,(H,26,29). The molecule has 0 fully saturated rings. The van der Waals surface area contributed by atoms with Crippen LogP contribution in [0, 0.1) is 4.77 Å². The summed E-state index contributed by atoms with van der Waals surface area (Å²) in [5, 5.41) is 7.88. The maximum atomic E-state index is 6.20. The molecule has 0 unspecified atom stereocenters. The summed E-state index contributed by atoms with van der Waals surface area (Å²) >= 11 is 11.6. The van der Waals surface area contributed by atoms with E-state index in [4.69, 9.17) is 28.6 Å². The van der Waals surface area contributed by atoms with Crippen LogP contribution in [0.25, 0.3) is 11.4 Å². The van der Waals surface area contributed by atoms with Gasteiger partial charge in [0.2, 0.25) is 4.77 Å². The van der Waals surface area contributed by atoms with Gasteiger partial charge < -0.3 is 10.2 Å². The summed E-state index contributed by atoms with van der Waals surface area (Å²) in [5.41, 5.74) is 6.32. The third kappa shape index (κ3) is 4.67. The van der Waals surface area contributed by atoms with E-state index in [1.807, 2.05) is 78.9 Å². The molecule has 4 rings (SSSR count). The second-order valence-corrected chi connectivity index (χ2v) is 7.21. The molecule has 0 radical (unpaired) electrons. The van der Waals surface area contributed by atoms with Gasteiger partial charge in [0.15, 0.2) is 5.82 Å². The second kappa shape index (κ2) is 8.94. The summed E-state index contributed by atoms with van der Waals surface area (Å²) in [6.45, 7) is 0.985. The van der Waals surface area contributed by atoms with E-state index in [0.717, 1.165) is 28.3 Å². The zero-order valence-corrected chi connectivity index (χ0v) is 17.1.